The van der Waals surface area contributed by atoms with Crippen LogP contribution in [0.2, 0.25) is 0 Å². The van der Waals surface area contributed by atoms with E-state index in [-0.39, 0.29) is 17.9 Å². The Bertz CT molecular complexity index is 750. The number of hydrogen-bond donors (Lipinski definition) is 1. The fourth-order valence-electron chi connectivity index (χ4n) is 2.44. The van der Waals surface area contributed by atoms with Gasteiger partial charge in [0.25, 0.3) is 5.91 Å². The van der Waals surface area contributed by atoms with E-state index in [4.69, 9.17) is 14.2 Å². The largest absolute Gasteiger partial charge is 0.493 e. The number of amides is 1. The third-order valence-electron chi connectivity index (χ3n) is 4.01. The molecule has 0 fully saturated rings. The van der Waals surface area contributed by atoms with Crippen molar-refractivity contribution in [3.8, 4) is 17.2 Å². The van der Waals surface area contributed by atoms with Gasteiger partial charge >= 0.3 is 0 Å². The van der Waals surface area contributed by atoms with Gasteiger partial charge < -0.3 is 19.5 Å². The number of benzene rings is 2. The molecule has 0 saturated carbocycles. The summed E-state index contributed by atoms with van der Waals surface area (Å²) in [5, 5.41) is 2.84. The summed E-state index contributed by atoms with van der Waals surface area (Å²) in [6, 6.07) is 13.4. The third kappa shape index (κ3) is 5.41. The molecule has 140 valence electrons. The lowest BCUT2D eigenvalue weighted by atomic mass is 9.87. The van der Waals surface area contributed by atoms with E-state index in [1.54, 1.807) is 14.2 Å². The summed E-state index contributed by atoms with van der Waals surface area (Å²) in [5.74, 6) is 1.80. The van der Waals surface area contributed by atoms with Gasteiger partial charge in [-0.25, -0.2) is 0 Å². The van der Waals surface area contributed by atoms with Crippen molar-refractivity contribution in [2.75, 3.05) is 20.8 Å². The van der Waals surface area contributed by atoms with Crippen LogP contribution in [-0.2, 0) is 16.8 Å². The molecule has 0 atom stereocenters. The highest BCUT2D eigenvalue weighted by Crippen LogP contribution is 2.27. The molecule has 5 nitrogen and oxygen atoms in total. The minimum Gasteiger partial charge on any atom is -0.493 e. The summed E-state index contributed by atoms with van der Waals surface area (Å²) >= 11 is 0. The van der Waals surface area contributed by atoms with Gasteiger partial charge in [0.1, 0.15) is 5.75 Å². The fourth-order valence-corrected chi connectivity index (χ4v) is 2.44. The smallest absolute Gasteiger partial charge is 0.258 e. The average molecular weight is 357 g/mol. The molecule has 1 amide bonds. The van der Waals surface area contributed by atoms with Crippen molar-refractivity contribution in [2.45, 2.75) is 32.7 Å². The standard InChI is InChI=1S/C21H27NO4/c1-21(2,3)16-7-6-8-17(12-16)26-14-20(23)22-13-15-9-10-18(24-4)19(11-15)25-5/h6-12H,13-14H2,1-5H3,(H,22,23). The highest BCUT2D eigenvalue weighted by Gasteiger charge is 2.14. The minimum atomic E-state index is -0.180. The van der Waals surface area contributed by atoms with Crippen LogP contribution in [0.4, 0.5) is 0 Å². The second kappa shape index (κ2) is 8.61. The monoisotopic (exact) mass is 357 g/mol. The molecule has 0 aliphatic heterocycles. The Morgan fingerprint density at radius 3 is 2.38 bits per heavy atom. The van der Waals surface area contributed by atoms with E-state index in [0.29, 0.717) is 23.8 Å². The molecular weight excluding hydrogens is 330 g/mol. The van der Waals surface area contributed by atoms with E-state index < -0.39 is 0 Å². The molecule has 0 radical (unpaired) electrons. The summed E-state index contributed by atoms with van der Waals surface area (Å²) < 4.78 is 16.1. The topological polar surface area (TPSA) is 56.8 Å². The summed E-state index contributed by atoms with van der Waals surface area (Å²) in [6.45, 7) is 6.79. The van der Waals surface area contributed by atoms with Crippen LogP contribution < -0.4 is 19.5 Å². The molecule has 26 heavy (non-hydrogen) atoms. The van der Waals surface area contributed by atoms with Crippen molar-refractivity contribution in [2.24, 2.45) is 0 Å². The summed E-state index contributed by atoms with van der Waals surface area (Å²) in [4.78, 5) is 12.1. The lowest BCUT2D eigenvalue weighted by Crippen LogP contribution is -2.28. The number of carbonyl (C=O) groups excluding carboxylic acids is 1. The van der Waals surface area contributed by atoms with Crippen molar-refractivity contribution >= 4 is 5.91 Å². The second-order valence-electron chi connectivity index (χ2n) is 7.03. The molecule has 2 rings (SSSR count). The van der Waals surface area contributed by atoms with Crippen LogP contribution in [0.3, 0.4) is 0 Å². The number of carbonyl (C=O) groups is 1. The SMILES string of the molecule is COc1ccc(CNC(=O)COc2cccc(C(C)(C)C)c2)cc1OC. The van der Waals surface area contributed by atoms with Crippen LogP contribution in [0.5, 0.6) is 17.2 Å². The van der Waals surface area contributed by atoms with Crippen LogP contribution in [0.1, 0.15) is 31.9 Å². The van der Waals surface area contributed by atoms with Crippen LogP contribution >= 0.6 is 0 Å². The van der Waals surface area contributed by atoms with Gasteiger partial charge in [0, 0.05) is 6.54 Å². The molecule has 5 heteroatoms. The lowest BCUT2D eigenvalue weighted by Gasteiger charge is -2.19. The molecule has 2 aromatic carbocycles. The highest BCUT2D eigenvalue weighted by atomic mass is 16.5. The van der Waals surface area contributed by atoms with Crippen molar-refractivity contribution in [3.05, 3.63) is 53.6 Å². The Balaban J connectivity index is 1.88. The predicted octanol–water partition coefficient (Wildman–Crippen LogP) is 3.70. The van der Waals surface area contributed by atoms with Gasteiger partial charge in [-0.1, -0.05) is 39.0 Å². The van der Waals surface area contributed by atoms with Crippen LogP contribution in [0.25, 0.3) is 0 Å². The quantitative estimate of drug-likeness (QED) is 0.821. The summed E-state index contributed by atoms with van der Waals surface area (Å²) in [7, 11) is 3.17. The molecule has 0 aliphatic rings. The van der Waals surface area contributed by atoms with Gasteiger partial charge in [0.2, 0.25) is 0 Å². The zero-order valence-corrected chi connectivity index (χ0v) is 16.1. The van der Waals surface area contributed by atoms with E-state index in [0.717, 1.165) is 5.56 Å². The first-order chi connectivity index (χ1) is 12.3. The Morgan fingerprint density at radius 1 is 1.00 bits per heavy atom. The van der Waals surface area contributed by atoms with Gasteiger partial charge in [-0.3, -0.25) is 4.79 Å². The van der Waals surface area contributed by atoms with E-state index >= 15 is 0 Å². The lowest BCUT2D eigenvalue weighted by molar-refractivity contribution is -0.123. The van der Waals surface area contributed by atoms with Crippen LogP contribution in [0.15, 0.2) is 42.5 Å². The molecule has 0 spiro atoms. The Labute approximate surface area is 155 Å². The number of hydrogen-bond acceptors (Lipinski definition) is 4. The Kier molecular flexibility index (Phi) is 6.50. The maximum absolute atomic E-state index is 12.1. The molecular formula is C21H27NO4. The molecule has 0 aliphatic carbocycles. The van der Waals surface area contributed by atoms with Gasteiger partial charge in [-0.15, -0.1) is 0 Å². The Morgan fingerprint density at radius 2 is 1.73 bits per heavy atom. The molecule has 0 saturated heterocycles. The number of nitrogens with one attached hydrogen (secondary N) is 1. The maximum atomic E-state index is 12.1. The predicted molar refractivity (Wildman–Crippen MR) is 102 cm³/mol. The number of rotatable bonds is 7. The first-order valence-electron chi connectivity index (χ1n) is 8.54. The van der Waals surface area contributed by atoms with E-state index in [9.17, 15) is 4.79 Å². The van der Waals surface area contributed by atoms with Crippen LogP contribution in [0, 0.1) is 0 Å². The third-order valence-corrected chi connectivity index (χ3v) is 4.01. The first-order valence-corrected chi connectivity index (χ1v) is 8.54. The molecule has 0 unspecified atom stereocenters. The van der Waals surface area contributed by atoms with Crippen molar-refractivity contribution < 1.29 is 19.0 Å². The molecule has 0 bridgehead atoms. The second-order valence-corrected chi connectivity index (χ2v) is 7.03. The Hall–Kier alpha value is -2.69. The van der Waals surface area contributed by atoms with Gasteiger partial charge in [0.15, 0.2) is 18.1 Å². The van der Waals surface area contributed by atoms with E-state index in [1.165, 1.54) is 5.56 Å². The van der Waals surface area contributed by atoms with Gasteiger partial charge in [-0.05, 0) is 40.8 Å². The number of methoxy groups -OCH3 is 2. The fraction of sp³-hybridized carbons (Fsp3) is 0.381. The normalized spacial score (nSPS) is 11.0. The van der Waals surface area contributed by atoms with Crippen molar-refractivity contribution in [1.82, 2.24) is 5.32 Å². The van der Waals surface area contributed by atoms with Gasteiger partial charge in [0.05, 0.1) is 14.2 Å². The van der Waals surface area contributed by atoms with Gasteiger partial charge in [-0.2, -0.15) is 0 Å². The molecule has 0 aromatic heterocycles. The van der Waals surface area contributed by atoms with E-state index in [1.807, 2.05) is 36.4 Å². The zero-order valence-electron chi connectivity index (χ0n) is 16.1. The minimum absolute atomic E-state index is 0.0269. The summed E-state index contributed by atoms with van der Waals surface area (Å²) in [6.07, 6.45) is 0. The highest BCUT2D eigenvalue weighted by molar-refractivity contribution is 5.77. The molecule has 2 aromatic rings. The average Bonchev–Trinajstić information content (AvgIpc) is 2.64. The first kappa shape index (κ1) is 19.6. The number of ether oxygens (including phenoxy) is 3. The maximum Gasteiger partial charge on any atom is 0.258 e. The van der Waals surface area contributed by atoms with Crippen molar-refractivity contribution in [3.63, 3.8) is 0 Å². The molecule has 1 N–H and O–H groups in total. The molecule has 0 heterocycles. The van der Waals surface area contributed by atoms with Crippen LogP contribution in [-0.4, -0.2) is 26.7 Å². The zero-order chi connectivity index (χ0) is 19.2. The van der Waals surface area contributed by atoms with E-state index in [2.05, 4.69) is 32.2 Å². The summed E-state index contributed by atoms with van der Waals surface area (Å²) in [5.41, 5.74) is 2.13. The van der Waals surface area contributed by atoms with Crippen molar-refractivity contribution in [1.29, 1.82) is 0 Å².